The molecule has 0 aliphatic heterocycles. The zero-order valence-corrected chi connectivity index (χ0v) is 16.4. The average molecular weight is 318 g/mol. The lowest BCUT2D eigenvalue weighted by Gasteiger charge is -2.48. The molecule has 0 spiro atoms. The Labute approximate surface area is 128 Å². The van der Waals surface area contributed by atoms with E-state index in [0.29, 0.717) is 0 Å². The van der Waals surface area contributed by atoms with Gasteiger partial charge in [0.1, 0.15) is 11.0 Å². The molecule has 0 amide bonds. The molecule has 1 unspecified atom stereocenters. The van der Waals surface area contributed by atoms with Gasteiger partial charge in [0.2, 0.25) is 0 Å². The lowest BCUT2D eigenvalue weighted by Crippen LogP contribution is -2.54. The fraction of sp³-hybridized carbons (Fsp3) is 0.933. The Kier molecular flexibility index (Phi) is 4.80. The first-order valence-electron chi connectivity index (χ1n) is 7.35. The van der Waals surface area contributed by atoms with Crippen molar-refractivity contribution in [2.24, 2.45) is 4.40 Å². The molecule has 3 nitrogen and oxygen atoms in total. The highest BCUT2D eigenvalue weighted by Gasteiger charge is 2.47. The molecule has 20 heavy (non-hydrogen) atoms. The van der Waals surface area contributed by atoms with E-state index in [0.717, 1.165) is 18.6 Å². The van der Waals surface area contributed by atoms with Gasteiger partial charge in [-0.15, -0.1) is 0 Å². The minimum absolute atomic E-state index is 0.107. The van der Waals surface area contributed by atoms with E-state index in [9.17, 15) is 4.21 Å². The Hall–Kier alpha value is -0.00312. The largest absolute Gasteiger partial charge is 0.411 e. The van der Waals surface area contributed by atoms with Crippen LogP contribution in [-0.4, -0.2) is 28.6 Å². The van der Waals surface area contributed by atoms with E-state index in [1.54, 1.807) is 0 Å². The second-order valence-electron chi connectivity index (χ2n) is 8.68. The maximum absolute atomic E-state index is 12.0. The maximum atomic E-state index is 12.0. The third-order valence-corrected chi connectivity index (χ3v) is 10.3. The SMILES string of the molecule is CC1(O[Si](C)(C)C(C)(C)C)CC(=NS(=O)C(C)(C)C)C1. The molecule has 0 aromatic heterocycles. The molecule has 118 valence electrons. The Morgan fingerprint density at radius 3 is 1.95 bits per heavy atom. The normalized spacial score (nSPS) is 26.1. The van der Waals surface area contributed by atoms with Crippen molar-refractivity contribution in [3.63, 3.8) is 0 Å². The van der Waals surface area contributed by atoms with Gasteiger partial charge >= 0.3 is 0 Å². The standard InChI is InChI=1S/C15H31NO2SSi/c1-13(2,3)19(17)16-12-10-15(7,11-12)18-20(8,9)14(4,5)6/h10-11H2,1-9H3. The van der Waals surface area contributed by atoms with E-state index in [1.165, 1.54) is 0 Å². The van der Waals surface area contributed by atoms with Crippen LogP contribution in [0.5, 0.6) is 0 Å². The summed E-state index contributed by atoms with van der Waals surface area (Å²) in [6, 6.07) is 0. The third kappa shape index (κ3) is 4.24. The topological polar surface area (TPSA) is 38.7 Å². The van der Waals surface area contributed by atoms with Gasteiger partial charge < -0.3 is 4.43 Å². The van der Waals surface area contributed by atoms with Crippen LogP contribution in [0.25, 0.3) is 0 Å². The minimum atomic E-state index is -1.75. The summed E-state index contributed by atoms with van der Waals surface area (Å²) in [5, 5.41) is 0.219. The van der Waals surface area contributed by atoms with Gasteiger partial charge in [0.25, 0.3) is 0 Å². The van der Waals surface area contributed by atoms with Crippen LogP contribution in [-0.2, 0) is 15.4 Å². The highest BCUT2D eigenvalue weighted by Crippen LogP contribution is 2.44. The molecule has 5 heteroatoms. The van der Waals surface area contributed by atoms with Gasteiger partial charge in [-0.25, -0.2) is 4.21 Å². The molecule has 1 aliphatic carbocycles. The summed E-state index contributed by atoms with van der Waals surface area (Å²) in [7, 11) is -2.89. The van der Waals surface area contributed by atoms with Crippen molar-refractivity contribution in [3.8, 4) is 0 Å². The van der Waals surface area contributed by atoms with Crippen LogP contribution in [0.2, 0.25) is 18.1 Å². The Balaban J connectivity index is 2.68. The van der Waals surface area contributed by atoms with Gasteiger partial charge in [0.05, 0.1) is 10.3 Å². The molecule has 0 aromatic rings. The van der Waals surface area contributed by atoms with Gasteiger partial charge in [0.15, 0.2) is 8.32 Å². The van der Waals surface area contributed by atoms with Crippen LogP contribution in [0.15, 0.2) is 4.40 Å². The highest BCUT2D eigenvalue weighted by atomic mass is 32.2. The minimum Gasteiger partial charge on any atom is -0.411 e. The van der Waals surface area contributed by atoms with Crippen molar-refractivity contribution >= 4 is 25.0 Å². The lowest BCUT2D eigenvalue weighted by molar-refractivity contribution is 0.0622. The van der Waals surface area contributed by atoms with Crippen LogP contribution in [0, 0.1) is 0 Å². The molecule has 1 fully saturated rings. The fourth-order valence-corrected chi connectivity index (χ4v) is 4.29. The van der Waals surface area contributed by atoms with Crippen molar-refractivity contribution in [2.45, 2.75) is 89.8 Å². The van der Waals surface area contributed by atoms with Crippen molar-refractivity contribution in [1.29, 1.82) is 0 Å². The second-order valence-corrected chi connectivity index (χ2v) is 15.3. The van der Waals surface area contributed by atoms with Gasteiger partial charge in [-0.3, -0.25) is 0 Å². The zero-order valence-electron chi connectivity index (χ0n) is 14.6. The number of rotatable bonds is 3. The molecular formula is C15H31NO2SSi. The summed E-state index contributed by atoms with van der Waals surface area (Å²) in [5.74, 6) is 0. The molecule has 0 radical (unpaired) electrons. The first-order chi connectivity index (χ1) is 8.66. The molecule has 1 atom stereocenters. The Morgan fingerprint density at radius 2 is 1.60 bits per heavy atom. The first-order valence-corrected chi connectivity index (χ1v) is 11.4. The van der Waals surface area contributed by atoms with Crippen molar-refractivity contribution in [3.05, 3.63) is 0 Å². The smallest absolute Gasteiger partial charge is 0.192 e. The molecular weight excluding hydrogens is 286 g/mol. The lowest BCUT2D eigenvalue weighted by atomic mass is 9.80. The number of nitrogens with zero attached hydrogens (tertiary/aromatic N) is 1. The van der Waals surface area contributed by atoms with Crippen LogP contribution >= 0.6 is 0 Å². The van der Waals surface area contributed by atoms with Crippen LogP contribution in [0.4, 0.5) is 0 Å². The molecule has 0 N–H and O–H groups in total. The van der Waals surface area contributed by atoms with E-state index in [1.807, 2.05) is 20.8 Å². The molecule has 0 heterocycles. The quantitative estimate of drug-likeness (QED) is 0.721. The van der Waals surface area contributed by atoms with Crippen LogP contribution in [0.1, 0.15) is 61.3 Å². The van der Waals surface area contributed by atoms with Crippen molar-refractivity contribution in [2.75, 3.05) is 0 Å². The molecule has 0 bridgehead atoms. The first kappa shape index (κ1) is 18.0. The number of hydrogen-bond acceptors (Lipinski definition) is 2. The summed E-state index contributed by atoms with van der Waals surface area (Å²) >= 11 is 0. The maximum Gasteiger partial charge on any atom is 0.192 e. The van der Waals surface area contributed by atoms with Crippen LogP contribution < -0.4 is 0 Å². The Morgan fingerprint density at radius 1 is 1.15 bits per heavy atom. The average Bonchev–Trinajstić information content (AvgIpc) is 2.10. The fourth-order valence-electron chi connectivity index (χ4n) is 1.97. The van der Waals surface area contributed by atoms with Gasteiger partial charge in [-0.1, -0.05) is 20.8 Å². The van der Waals surface area contributed by atoms with Crippen molar-refractivity contribution < 1.29 is 8.63 Å². The number of hydrogen-bond donors (Lipinski definition) is 0. The van der Waals surface area contributed by atoms with Gasteiger partial charge in [-0.05, 0) is 45.8 Å². The highest BCUT2D eigenvalue weighted by molar-refractivity contribution is 7.85. The molecule has 1 rings (SSSR count). The van der Waals surface area contributed by atoms with E-state index in [4.69, 9.17) is 4.43 Å². The van der Waals surface area contributed by atoms with Crippen LogP contribution in [0.3, 0.4) is 0 Å². The monoisotopic (exact) mass is 317 g/mol. The molecule has 1 aliphatic rings. The van der Waals surface area contributed by atoms with E-state index in [-0.39, 0.29) is 15.4 Å². The zero-order chi connectivity index (χ0) is 16.0. The van der Waals surface area contributed by atoms with E-state index < -0.39 is 19.3 Å². The summed E-state index contributed by atoms with van der Waals surface area (Å²) in [4.78, 5) is 0. The molecule has 1 saturated carbocycles. The second kappa shape index (κ2) is 5.32. The predicted molar refractivity (Wildman–Crippen MR) is 91.3 cm³/mol. The van der Waals surface area contributed by atoms with E-state index >= 15 is 0 Å². The summed E-state index contributed by atoms with van der Waals surface area (Å²) in [6.07, 6.45) is 1.64. The third-order valence-electron chi connectivity index (χ3n) is 4.20. The molecule has 0 aromatic carbocycles. The summed E-state index contributed by atoms with van der Waals surface area (Å²) in [6.45, 7) is 19.3. The van der Waals surface area contributed by atoms with Gasteiger partial charge in [0, 0.05) is 18.6 Å². The summed E-state index contributed by atoms with van der Waals surface area (Å²) in [5.41, 5.74) is 0.934. The van der Waals surface area contributed by atoms with E-state index in [2.05, 4.69) is 45.2 Å². The van der Waals surface area contributed by atoms with Gasteiger partial charge in [-0.2, -0.15) is 4.40 Å². The van der Waals surface area contributed by atoms with Crippen molar-refractivity contribution in [1.82, 2.24) is 0 Å². The Bertz CT molecular complexity index is 422. The predicted octanol–water partition coefficient (Wildman–Crippen LogP) is 4.46. The molecule has 0 saturated heterocycles. The summed E-state index contributed by atoms with van der Waals surface area (Å²) < 4.78 is 22.6.